The molecule has 1 aromatic heterocycles. The van der Waals surface area contributed by atoms with Crippen LogP contribution in [0.3, 0.4) is 0 Å². The highest BCUT2D eigenvalue weighted by Crippen LogP contribution is 2.28. The van der Waals surface area contributed by atoms with E-state index in [2.05, 4.69) is 20.6 Å². The summed E-state index contributed by atoms with van der Waals surface area (Å²) in [6, 6.07) is 8.11. The van der Waals surface area contributed by atoms with Crippen molar-refractivity contribution in [1.29, 1.82) is 5.26 Å². The molecule has 2 aromatic rings. The first-order valence-electron chi connectivity index (χ1n) is 9.40. The molecule has 9 nitrogen and oxygen atoms in total. The number of hydrogen-bond donors (Lipinski definition) is 2. The number of hydrogen-bond acceptors (Lipinski definition) is 7. The lowest BCUT2D eigenvalue weighted by Gasteiger charge is -2.19. The number of methoxy groups -OCH3 is 2. The fraction of sp³-hybridized carbons (Fsp3) is 0.381. The second kappa shape index (κ2) is 10.8. The topological polar surface area (TPSA) is 126 Å². The third kappa shape index (κ3) is 5.91. The van der Waals surface area contributed by atoms with Crippen LogP contribution in [-0.4, -0.2) is 48.6 Å². The van der Waals surface area contributed by atoms with Gasteiger partial charge in [-0.15, -0.1) is 0 Å². The molecule has 0 unspecified atom stereocenters. The Hall–Kier alpha value is -3.67. The quantitative estimate of drug-likeness (QED) is 0.604. The SMILES string of the molecule is COc1ncc(-c2ccc(C(=O)N[C@@H](CC(C)C)C(=O)NCC#N)cc2)c(OC)n1. The van der Waals surface area contributed by atoms with Crippen LogP contribution in [0.5, 0.6) is 11.9 Å². The van der Waals surface area contributed by atoms with E-state index in [-0.39, 0.29) is 30.3 Å². The molecule has 0 aliphatic rings. The van der Waals surface area contributed by atoms with E-state index in [9.17, 15) is 9.59 Å². The standard InChI is InChI=1S/C21H25N5O4/c1-13(2)11-17(19(28)23-10-9-22)25-18(27)15-7-5-14(6-8-15)16-12-24-21(30-4)26-20(16)29-3/h5-8,12-13,17H,10-11H2,1-4H3,(H,23,28)(H,25,27)/t17-/m0/s1. The first kappa shape index (κ1) is 22.6. The van der Waals surface area contributed by atoms with Crippen LogP contribution in [0.4, 0.5) is 0 Å². The summed E-state index contributed by atoms with van der Waals surface area (Å²) in [7, 11) is 2.97. The zero-order chi connectivity index (χ0) is 22.1. The maximum absolute atomic E-state index is 12.6. The second-order valence-electron chi connectivity index (χ2n) is 6.89. The molecule has 0 radical (unpaired) electrons. The van der Waals surface area contributed by atoms with Crippen LogP contribution in [0.25, 0.3) is 11.1 Å². The summed E-state index contributed by atoms with van der Waals surface area (Å²) >= 11 is 0. The minimum Gasteiger partial charge on any atom is -0.480 e. The number of amides is 2. The van der Waals surface area contributed by atoms with E-state index in [1.165, 1.54) is 14.2 Å². The molecule has 158 valence electrons. The summed E-state index contributed by atoms with van der Waals surface area (Å²) in [5.41, 5.74) is 1.81. The van der Waals surface area contributed by atoms with Gasteiger partial charge in [-0.05, 0) is 30.0 Å². The van der Waals surface area contributed by atoms with Gasteiger partial charge in [0.2, 0.25) is 11.8 Å². The van der Waals surface area contributed by atoms with Gasteiger partial charge in [-0.3, -0.25) is 9.59 Å². The van der Waals surface area contributed by atoms with Crippen LogP contribution in [0.15, 0.2) is 30.5 Å². The van der Waals surface area contributed by atoms with E-state index >= 15 is 0 Å². The molecule has 1 aromatic carbocycles. The van der Waals surface area contributed by atoms with Crippen molar-refractivity contribution in [2.24, 2.45) is 5.92 Å². The lowest BCUT2D eigenvalue weighted by molar-refractivity contribution is -0.123. The molecule has 9 heteroatoms. The Morgan fingerprint density at radius 3 is 2.43 bits per heavy atom. The van der Waals surface area contributed by atoms with Gasteiger partial charge in [0.1, 0.15) is 12.6 Å². The van der Waals surface area contributed by atoms with Crippen LogP contribution in [-0.2, 0) is 4.79 Å². The highest BCUT2D eigenvalue weighted by molar-refractivity contribution is 5.98. The van der Waals surface area contributed by atoms with Gasteiger partial charge in [-0.1, -0.05) is 26.0 Å². The average molecular weight is 411 g/mol. The van der Waals surface area contributed by atoms with E-state index in [0.29, 0.717) is 23.4 Å². The molecular formula is C21H25N5O4. The third-order valence-corrected chi connectivity index (χ3v) is 4.24. The molecule has 2 N–H and O–H groups in total. The van der Waals surface area contributed by atoms with Gasteiger partial charge in [0, 0.05) is 11.8 Å². The first-order valence-corrected chi connectivity index (χ1v) is 9.40. The minimum absolute atomic E-state index is 0.107. The molecule has 0 saturated heterocycles. The molecule has 2 rings (SSSR count). The Morgan fingerprint density at radius 1 is 1.17 bits per heavy atom. The van der Waals surface area contributed by atoms with E-state index in [1.807, 2.05) is 19.9 Å². The monoisotopic (exact) mass is 411 g/mol. The normalized spacial score (nSPS) is 11.3. The summed E-state index contributed by atoms with van der Waals surface area (Å²) in [5.74, 6) is -0.217. The number of nitrogens with zero attached hydrogens (tertiary/aromatic N) is 3. The Labute approximate surface area is 175 Å². The van der Waals surface area contributed by atoms with Crippen LogP contribution >= 0.6 is 0 Å². The lowest BCUT2D eigenvalue weighted by Crippen LogP contribution is -2.47. The highest BCUT2D eigenvalue weighted by atomic mass is 16.5. The Morgan fingerprint density at radius 2 is 1.87 bits per heavy atom. The number of aromatic nitrogens is 2. The Bertz CT molecular complexity index is 922. The predicted octanol–water partition coefficient (Wildman–Crippen LogP) is 1.95. The summed E-state index contributed by atoms with van der Waals surface area (Å²) in [6.07, 6.45) is 2.04. The second-order valence-corrected chi connectivity index (χ2v) is 6.89. The van der Waals surface area contributed by atoms with Gasteiger partial charge in [0.15, 0.2) is 0 Å². The molecule has 0 saturated carbocycles. The van der Waals surface area contributed by atoms with E-state index in [4.69, 9.17) is 14.7 Å². The molecule has 0 bridgehead atoms. The van der Waals surface area contributed by atoms with Gasteiger partial charge in [-0.2, -0.15) is 10.2 Å². The number of nitrogens with one attached hydrogen (secondary N) is 2. The zero-order valence-electron chi connectivity index (χ0n) is 17.4. The van der Waals surface area contributed by atoms with Gasteiger partial charge in [0.25, 0.3) is 5.91 Å². The van der Waals surface area contributed by atoms with E-state index in [0.717, 1.165) is 5.56 Å². The summed E-state index contributed by atoms with van der Waals surface area (Å²) in [6.45, 7) is 3.80. The molecule has 1 heterocycles. The van der Waals surface area contributed by atoms with Crippen molar-refractivity contribution in [1.82, 2.24) is 20.6 Å². The average Bonchev–Trinajstić information content (AvgIpc) is 2.76. The third-order valence-electron chi connectivity index (χ3n) is 4.24. The van der Waals surface area contributed by atoms with Crippen molar-refractivity contribution in [3.05, 3.63) is 36.0 Å². The van der Waals surface area contributed by atoms with Gasteiger partial charge < -0.3 is 20.1 Å². The van der Waals surface area contributed by atoms with E-state index in [1.54, 1.807) is 30.5 Å². The van der Waals surface area contributed by atoms with Crippen molar-refractivity contribution < 1.29 is 19.1 Å². The van der Waals surface area contributed by atoms with Gasteiger partial charge in [-0.25, -0.2) is 4.98 Å². The number of benzene rings is 1. The zero-order valence-corrected chi connectivity index (χ0v) is 17.4. The summed E-state index contributed by atoms with van der Waals surface area (Å²) in [5, 5.41) is 13.9. The molecule has 0 aliphatic heterocycles. The molecule has 1 atom stereocenters. The van der Waals surface area contributed by atoms with Crippen LogP contribution in [0, 0.1) is 17.2 Å². The number of carbonyl (C=O) groups excluding carboxylic acids is 2. The molecule has 2 amide bonds. The molecule has 30 heavy (non-hydrogen) atoms. The molecular weight excluding hydrogens is 386 g/mol. The largest absolute Gasteiger partial charge is 0.480 e. The van der Waals surface area contributed by atoms with Crippen LogP contribution < -0.4 is 20.1 Å². The smallest absolute Gasteiger partial charge is 0.319 e. The minimum atomic E-state index is -0.722. The molecule has 0 fully saturated rings. The van der Waals surface area contributed by atoms with E-state index < -0.39 is 6.04 Å². The van der Waals surface area contributed by atoms with Crippen LogP contribution in [0.2, 0.25) is 0 Å². The number of rotatable bonds is 9. The number of nitriles is 1. The highest BCUT2D eigenvalue weighted by Gasteiger charge is 2.22. The number of carbonyl (C=O) groups is 2. The van der Waals surface area contributed by atoms with Gasteiger partial charge >= 0.3 is 6.01 Å². The van der Waals surface area contributed by atoms with Crippen molar-refractivity contribution in [3.8, 4) is 29.1 Å². The van der Waals surface area contributed by atoms with Crippen molar-refractivity contribution in [2.75, 3.05) is 20.8 Å². The summed E-state index contributed by atoms with van der Waals surface area (Å²) in [4.78, 5) is 33.1. The maximum Gasteiger partial charge on any atom is 0.319 e. The van der Waals surface area contributed by atoms with Crippen molar-refractivity contribution in [2.45, 2.75) is 26.3 Å². The van der Waals surface area contributed by atoms with Gasteiger partial charge in [0.05, 0.1) is 25.9 Å². The number of ether oxygens (including phenoxy) is 2. The van der Waals surface area contributed by atoms with Crippen molar-refractivity contribution >= 4 is 11.8 Å². The van der Waals surface area contributed by atoms with Crippen molar-refractivity contribution in [3.63, 3.8) is 0 Å². The fourth-order valence-electron chi connectivity index (χ4n) is 2.80. The maximum atomic E-state index is 12.6. The molecule has 0 spiro atoms. The van der Waals surface area contributed by atoms with Crippen LogP contribution in [0.1, 0.15) is 30.6 Å². The predicted molar refractivity (Wildman–Crippen MR) is 110 cm³/mol. The Kier molecular flexibility index (Phi) is 8.11. The Balaban J connectivity index is 2.17. The lowest BCUT2D eigenvalue weighted by atomic mass is 10.0. The summed E-state index contributed by atoms with van der Waals surface area (Å²) < 4.78 is 10.3. The first-order chi connectivity index (χ1) is 14.4. The fourth-order valence-corrected chi connectivity index (χ4v) is 2.80. The molecule has 0 aliphatic carbocycles.